The van der Waals surface area contributed by atoms with Crippen LogP contribution in [0.25, 0.3) is 10.1 Å². The highest BCUT2D eigenvalue weighted by Crippen LogP contribution is 2.31. The van der Waals surface area contributed by atoms with Crippen LogP contribution < -0.4 is 5.73 Å². The van der Waals surface area contributed by atoms with Crippen LogP contribution in [-0.2, 0) is 0 Å². The molecule has 1 unspecified atom stereocenters. The van der Waals surface area contributed by atoms with Gasteiger partial charge in [0, 0.05) is 26.4 Å². The molecular weight excluding hydrogens is 306 g/mol. The van der Waals surface area contributed by atoms with Crippen LogP contribution in [0.15, 0.2) is 58.8 Å². The molecule has 0 amide bonds. The van der Waals surface area contributed by atoms with Crippen molar-refractivity contribution in [1.82, 2.24) is 0 Å². The second-order valence-corrected chi connectivity index (χ2v) is 7.01. The lowest BCUT2D eigenvalue weighted by Crippen LogP contribution is -2.12. The molecule has 0 radical (unpaired) electrons. The summed E-state index contributed by atoms with van der Waals surface area (Å²) in [5.41, 5.74) is 7.59. The molecule has 2 N–H and O–H groups in total. The molecule has 0 saturated heterocycles. The predicted octanol–water partition coefficient (Wildman–Crippen LogP) is 5.35. The zero-order valence-electron chi connectivity index (χ0n) is 10.8. The molecule has 2 aromatic carbocycles. The number of thioether (sulfide) groups is 1. The minimum atomic E-state index is 0.0290. The van der Waals surface area contributed by atoms with Crippen molar-refractivity contribution in [3.63, 3.8) is 0 Å². The van der Waals surface area contributed by atoms with Gasteiger partial charge in [-0.15, -0.1) is 23.1 Å². The number of fused-ring (bicyclic) bond motifs is 1. The molecule has 0 fully saturated rings. The number of benzene rings is 2. The molecule has 0 aliphatic carbocycles. The van der Waals surface area contributed by atoms with Crippen molar-refractivity contribution in [2.24, 2.45) is 5.73 Å². The smallest absolute Gasteiger partial charge is 0.0417 e. The van der Waals surface area contributed by atoms with Crippen molar-refractivity contribution < 1.29 is 0 Å². The normalized spacial score (nSPS) is 12.7. The molecule has 3 rings (SSSR count). The van der Waals surface area contributed by atoms with Crippen molar-refractivity contribution in [3.8, 4) is 0 Å². The van der Waals surface area contributed by atoms with E-state index < -0.39 is 0 Å². The van der Waals surface area contributed by atoms with Crippen LogP contribution in [0.2, 0.25) is 5.02 Å². The third-order valence-corrected chi connectivity index (χ3v) is 5.46. The van der Waals surface area contributed by atoms with Crippen molar-refractivity contribution in [2.45, 2.75) is 10.9 Å². The first-order valence-electron chi connectivity index (χ1n) is 6.34. The number of nitrogens with two attached hydrogens (primary N) is 1. The van der Waals surface area contributed by atoms with Gasteiger partial charge in [-0.05, 0) is 40.6 Å². The summed E-state index contributed by atoms with van der Waals surface area (Å²) < 4.78 is 1.30. The second kappa shape index (κ2) is 6.19. The van der Waals surface area contributed by atoms with Crippen molar-refractivity contribution in [2.75, 3.05) is 5.75 Å². The van der Waals surface area contributed by atoms with E-state index in [1.807, 2.05) is 18.2 Å². The number of rotatable bonds is 4. The molecule has 1 nitrogen and oxygen atoms in total. The van der Waals surface area contributed by atoms with Crippen LogP contribution in [0.3, 0.4) is 0 Å². The minimum Gasteiger partial charge on any atom is -0.323 e. The van der Waals surface area contributed by atoms with E-state index in [4.69, 9.17) is 17.3 Å². The Hall–Kier alpha value is -1.00. The molecule has 4 heteroatoms. The fourth-order valence-electron chi connectivity index (χ4n) is 2.14. The standard InChI is InChI=1S/C16H14ClNS2/c17-12-4-2-5-13(9-12)20-10-15(18)14-6-1-3-11-7-8-19-16(11)14/h1-9,15H,10,18H2. The molecule has 102 valence electrons. The van der Waals surface area contributed by atoms with Gasteiger partial charge in [0.25, 0.3) is 0 Å². The number of thiophene rings is 1. The predicted molar refractivity (Wildman–Crippen MR) is 90.9 cm³/mol. The zero-order chi connectivity index (χ0) is 13.9. The molecule has 0 saturated carbocycles. The Kier molecular flexibility index (Phi) is 4.32. The van der Waals surface area contributed by atoms with Crippen molar-refractivity contribution >= 4 is 44.8 Å². The minimum absolute atomic E-state index is 0.0290. The Morgan fingerprint density at radius 1 is 1.15 bits per heavy atom. The van der Waals surface area contributed by atoms with Gasteiger partial charge < -0.3 is 5.73 Å². The third-order valence-electron chi connectivity index (χ3n) is 3.13. The van der Waals surface area contributed by atoms with E-state index in [1.165, 1.54) is 15.6 Å². The van der Waals surface area contributed by atoms with Gasteiger partial charge in [0.1, 0.15) is 0 Å². The largest absolute Gasteiger partial charge is 0.323 e. The maximum absolute atomic E-state index is 6.36. The summed E-state index contributed by atoms with van der Waals surface area (Å²) in [4.78, 5) is 1.16. The molecule has 3 aromatic rings. The quantitative estimate of drug-likeness (QED) is 0.656. The topological polar surface area (TPSA) is 26.0 Å². The first-order chi connectivity index (χ1) is 9.74. The van der Waals surface area contributed by atoms with Gasteiger partial charge in [0.15, 0.2) is 0 Å². The molecule has 1 heterocycles. The summed E-state index contributed by atoms with van der Waals surface area (Å²) in [5.74, 6) is 0.845. The first kappa shape index (κ1) is 14.0. The van der Waals surface area contributed by atoms with Crippen molar-refractivity contribution in [1.29, 1.82) is 0 Å². The second-order valence-electron chi connectivity index (χ2n) is 4.56. The van der Waals surface area contributed by atoms with Crippen LogP contribution in [0.5, 0.6) is 0 Å². The van der Waals surface area contributed by atoms with Gasteiger partial charge in [-0.3, -0.25) is 0 Å². The van der Waals surface area contributed by atoms with E-state index in [0.717, 1.165) is 15.7 Å². The average Bonchev–Trinajstić information content (AvgIpc) is 2.93. The van der Waals surface area contributed by atoms with Crippen LogP contribution in [0.1, 0.15) is 11.6 Å². The molecule has 0 spiro atoms. The molecule has 0 aliphatic heterocycles. The van der Waals surface area contributed by atoms with E-state index in [1.54, 1.807) is 23.1 Å². The van der Waals surface area contributed by atoms with Gasteiger partial charge in [0.2, 0.25) is 0 Å². The van der Waals surface area contributed by atoms with E-state index in [9.17, 15) is 0 Å². The van der Waals surface area contributed by atoms with E-state index in [2.05, 4.69) is 35.7 Å². The van der Waals surface area contributed by atoms with Gasteiger partial charge in [-0.1, -0.05) is 35.9 Å². The summed E-state index contributed by atoms with van der Waals surface area (Å²) in [5, 5.41) is 4.16. The van der Waals surface area contributed by atoms with Gasteiger partial charge in [0.05, 0.1) is 0 Å². The Balaban J connectivity index is 1.76. The van der Waals surface area contributed by atoms with Crippen LogP contribution in [0, 0.1) is 0 Å². The first-order valence-corrected chi connectivity index (χ1v) is 8.58. The Morgan fingerprint density at radius 3 is 2.85 bits per heavy atom. The zero-order valence-corrected chi connectivity index (χ0v) is 13.1. The average molecular weight is 320 g/mol. The van der Waals surface area contributed by atoms with Crippen LogP contribution in [-0.4, -0.2) is 5.75 Å². The Labute approximate surface area is 131 Å². The highest BCUT2D eigenvalue weighted by atomic mass is 35.5. The molecule has 1 atom stereocenters. The molecule has 1 aromatic heterocycles. The lowest BCUT2D eigenvalue weighted by atomic mass is 10.1. The van der Waals surface area contributed by atoms with E-state index >= 15 is 0 Å². The monoisotopic (exact) mass is 319 g/mol. The summed E-state index contributed by atoms with van der Waals surface area (Å²) >= 11 is 9.50. The maximum Gasteiger partial charge on any atom is 0.0417 e. The Bertz CT molecular complexity index is 723. The van der Waals surface area contributed by atoms with E-state index in [0.29, 0.717) is 0 Å². The Morgan fingerprint density at radius 2 is 2.00 bits per heavy atom. The van der Waals surface area contributed by atoms with Gasteiger partial charge in [-0.2, -0.15) is 0 Å². The fraction of sp³-hybridized carbons (Fsp3) is 0.125. The van der Waals surface area contributed by atoms with Gasteiger partial charge in [-0.25, -0.2) is 0 Å². The lowest BCUT2D eigenvalue weighted by molar-refractivity contribution is 0.841. The highest BCUT2D eigenvalue weighted by molar-refractivity contribution is 7.99. The number of hydrogen-bond acceptors (Lipinski definition) is 3. The highest BCUT2D eigenvalue weighted by Gasteiger charge is 2.11. The van der Waals surface area contributed by atoms with E-state index in [-0.39, 0.29) is 6.04 Å². The summed E-state index contributed by atoms with van der Waals surface area (Å²) in [6.45, 7) is 0. The summed E-state index contributed by atoms with van der Waals surface area (Å²) in [6, 6.07) is 16.4. The lowest BCUT2D eigenvalue weighted by Gasteiger charge is -2.13. The molecule has 0 aliphatic rings. The summed E-state index contributed by atoms with van der Waals surface area (Å²) in [7, 11) is 0. The molecular formula is C16H14ClNS2. The molecule has 20 heavy (non-hydrogen) atoms. The summed E-state index contributed by atoms with van der Waals surface area (Å²) in [6.07, 6.45) is 0. The number of halogens is 1. The van der Waals surface area contributed by atoms with Crippen LogP contribution in [0.4, 0.5) is 0 Å². The molecule has 0 bridgehead atoms. The van der Waals surface area contributed by atoms with Crippen LogP contribution >= 0.6 is 34.7 Å². The fourth-order valence-corrected chi connectivity index (χ4v) is 4.31. The number of hydrogen-bond donors (Lipinski definition) is 1. The third kappa shape index (κ3) is 3.01. The SMILES string of the molecule is NC(CSc1cccc(Cl)c1)c1cccc2ccsc12. The van der Waals surface area contributed by atoms with Gasteiger partial charge >= 0.3 is 0 Å². The maximum atomic E-state index is 6.36. The van der Waals surface area contributed by atoms with Crippen molar-refractivity contribution in [3.05, 3.63) is 64.5 Å².